The molecule has 0 aliphatic carbocycles. The first-order valence-electron chi connectivity index (χ1n) is 11.0. The number of rotatable bonds is 2. The highest BCUT2D eigenvalue weighted by molar-refractivity contribution is 5.75. The summed E-state index contributed by atoms with van der Waals surface area (Å²) in [7, 11) is 0. The van der Waals surface area contributed by atoms with Crippen molar-refractivity contribution < 1.29 is 9.53 Å². The molecule has 0 atom stereocenters. The van der Waals surface area contributed by atoms with Gasteiger partial charge in [0.25, 0.3) is 0 Å². The Morgan fingerprint density at radius 2 is 1.77 bits per heavy atom. The van der Waals surface area contributed by atoms with Crippen molar-refractivity contribution in [2.45, 2.75) is 32.2 Å². The molecule has 0 radical (unpaired) electrons. The minimum absolute atomic E-state index is 0.0994. The van der Waals surface area contributed by atoms with Crippen LogP contribution in [-0.4, -0.2) is 76.7 Å². The topological polar surface area (TPSA) is 74.7 Å². The van der Waals surface area contributed by atoms with E-state index in [4.69, 9.17) is 14.7 Å². The number of hydrogen-bond donors (Lipinski definition) is 0. The molecule has 2 saturated heterocycles. The minimum Gasteiger partial charge on any atom is -0.378 e. The number of fused-ring (bicyclic) bond motifs is 1. The van der Waals surface area contributed by atoms with Gasteiger partial charge < -0.3 is 19.4 Å². The Kier molecular flexibility index (Phi) is 5.48. The molecule has 0 bridgehead atoms. The minimum atomic E-state index is 0.0994. The molecule has 5 rings (SSSR count). The van der Waals surface area contributed by atoms with Crippen molar-refractivity contribution >= 4 is 11.8 Å². The predicted octanol–water partition coefficient (Wildman–Crippen LogP) is 2.34. The van der Waals surface area contributed by atoms with Crippen LogP contribution in [0.2, 0.25) is 0 Å². The van der Waals surface area contributed by atoms with Crippen LogP contribution in [0.1, 0.15) is 30.5 Å². The van der Waals surface area contributed by atoms with E-state index >= 15 is 0 Å². The molecule has 2 amide bonds. The number of anilines is 1. The maximum absolute atomic E-state index is 13.1. The van der Waals surface area contributed by atoms with E-state index in [9.17, 15) is 4.79 Å². The fourth-order valence-corrected chi connectivity index (χ4v) is 4.49. The van der Waals surface area contributed by atoms with Crippen LogP contribution in [0.4, 0.5) is 10.6 Å². The number of hydrogen-bond acceptors (Lipinski definition) is 6. The highest BCUT2D eigenvalue weighted by Gasteiger charge is 2.31. The van der Waals surface area contributed by atoms with E-state index in [1.807, 2.05) is 28.0 Å². The predicted molar refractivity (Wildman–Crippen MR) is 113 cm³/mol. The van der Waals surface area contributed by atoms with E-state index in [1.54, 1.807) is 6.20 Å². The van der Waals surface area contributed by atoms with Crippen molar-refractivity contribution in [2.75, 3.05) is 50.8 Å². The fraction of sp³-hybridized carbons (Fsp3) is 0.545. The molecule has 3 aliphatic rings. The Labute approximate surface area is 176 Å². The lowest BCUT2D eigenvalue weighted by Crippen LogP contribution is -2.49. The van der Waals surface area contributed by atoms with Crippen LogP contribution in [0.5, 0.6) is 0 Å². The van der Waals surface area contributed by atoms with Gasteiger partial charge in [-0.05, 0) is 31.4 Å². The number of carbonyl (C=O) groups is 1. The van der Waals surface area contributed by atoms with Crippen molar-refractivity contribution in [2.24, 2.45) is 0 Å². The van der Waals surface area contributed by atoms with E-state index < -0.39 is 0 Å². The third-order valence-electron chi connectivity index (χ3n) is 6.14. The lowest BCUT2D eigenvalue weighted by molar-refractivity contribution is 0.0421. The van der Waals surface area contributed by atoms with Gasteiger partial charge >= 0.3 is 6.03 Å². The Hall–Kier alpha value is -2.74. The van der Waals surface area contributed by atoms with Crippen molar-refractivity contribution in [3.8, 4) is 11.5 Å². The molecule has 0 saturated carbocycles. The van der Waals surface area contributed by atoms with E-state index in [0.29, 0.717) is 45.2 Å². The fourth-order valence-electron chi connectivity index (χ4n) is 4.49. The van der Waals surface area contributed by atoms with Crippen molar-refractivity contribution in [1.82, 2.24) is 24.8 Å². The summed E-state index contributed by atoms with van der Waals surface area (Å²) in [6.07, 6.45) is 6.14. The van der Waals surface area contributed by atoms with Crippen LogP contribution in [0, 0.1) is 0 Å². The quantitative estimate of drug-likeness (QED) is 0.759. The van der Waals surface area contributed by atoms with E-state index in [0.717, 1.165) is 42.3 Å². The average molecular weight is 409 g/mol. The summed E-state index contributed by atoms with van der Waals surface area (Å²) in [6.45, 7) is 5.82. The van der Waals surface area contributed by atoms with Gasteiger partial charge in [0.05, 0.1) is 25.5 Å². The zero-order valence-corrected chi connectivity index (χ0v) is 17.3. The molecule has 158 valence electrons. The van der Waals surface area contributed by atoms with Gasteiger partial charge in [0, 0.05) is 50.9 Å². The number of pyridine rings is 1. The Morgan fingerprint density at radius 1 is 0.933 bits per heavy atom. The standard InChI is InChI=1S/C22H28N6O2/c29-22(27-12-14-30-15-13-27)28-11-7-18-17(16-28)21(26-9-4-1-5-10-26)25-20(24-18)19-6-2-3-8-23-19/h2-3,6,8H,1,4-5,7,9-16H2. The molecule has 8 heteroatoms. The number of aromatic nitrogens is 3. The second-order valence-corrected chi connectivity index (χ2v) is 8.11. The summed E-state index contributed by atoms with van der Waals surface area (Å²) in [4.78, 5) is 33.6. The van der Waals surface area contributed by atoms with Crippen molar-refractivity contribution in [3.05, 3.63) is 35.7 Å². The zero-order chi connectivity index (χ0) is 20.3. The molecule has 0 spiro atoms. The monoisotopic (exact) mass is 408 g/mol. The van der Waals surface area contributed by atoms with Gasteiger partial charge in [-0.15, -0.1) is 0 Å². The molecule has 0 unspecified atom stereocenters. The summed E-state index contributed by atoms with van der Waals surface area (Å²) >= 11 is 0. The normalized spacial score (nSPS) is 19.5. The Morgan fingerprint density at radius 3 is 2.53 bits per heavy atom. The SMILES string of the molecule is O=C(N1CCOCC1)N1CCc2nc(-c3ccccn3)nc(N3CCCCC3)c2C1. The summed E-state index contributed by atoms with van der Waals surface area (Å²) in [5.41, 5.74) is 2.95. The van der Waals surface area contributed by atoms with E-state index in [1.165, 1.54) is 19.3 Å². The molecule has 5 heterocycles. The number of morpholine rings is 1. The number of urea groups is 1. The number of carbonyl (C=O) groups excluding carboxylic acids is 1. The summed E-state index contributed by atoms with van der Waals surface area (Å²) in [6, 6.07) is 5.93. The van der Waals surface area contributed by atoms with Gasteiger partial charge in [-0.1, -0.05) is 6.07 Å². The Bertz CT molecular complexity index is 894. The van der Waals surface area contributed by atoms with Gasteiger partial charge in [-0.25, -0.2) is 14.8 Å². The smallest absolute Gasteiger partial charge is 0.320 e. The first kappa shape index (κ1) is 19.2. The summed E-state index contributed by atoms with van der Waals surface area (Å²) in [5, 5.41) is 0. The second kappa shape index (κ2) is 8.55. The average Bonchev–Trinajstić information content (AvgIpc) is 2.84. The first-order chi connectivity index (χ1) is 14.8. The van der Waals surface area contributed by atoms with Crippen LogP contribution >= 0.6 is 0 Å². The maximum Gasteiger partial charge on any atom is 0.320 e. The van der Waals surface area contributed by atoms with Crippen LogP contribution in [0.3, 0.4) is 0 Å². The molecular weight excluding hydrogens is 380 g/mol. The third-order valence-corrected chi connectivity index (χ3v) is 6.14. The molecule has 30 heavy (non-hydrogen) atoms. The molecule has 8 nitrogen and oxygen atoms in total. The molecule has 2 fully saturated rings. The molecule has 0 aromatic carbocycles. The Balaban J connectivity index is 1.48. The highest BCUT2D eigenvalue weighted by Crippen LogP contribution is 2.31. The van der Waals surface area contributed by atoms with E-state index in [-0.39, 0.29) is 6.03 Å². The van der Waals surface area contributed by atoms with Crippen LogP contribution in [0.15, 0.2) is 24.4 Å². The molecule has 3 aliphatic heterocycles. The first-order valence-corrected chi connectivity index (χ1v) is 11.0. The lowest BCUT2D eigenvalue weighted by atomic mass is 10.0. The van der Waals surface area contributed by atoms with Gasteiger partial charge in [0.2, 0.25) is 0 Å². The largest absolute Gasteiger partial charge is 0.378 e. The van der Waals surface area contributed by atoms with E-state index in [2.05, 4.69) is 9.88 Å². The summed E-state index contributed by atoms with van der Waals surface area (Å²) in [5.74, 6) is 1.67. The van der Waals surface area contributed by atoms with Crippen molar-refractivity contribution in [1.29, 1.82) is 0 Å². The molecule has 0 N–H and O–H groups in total. The molecule has 2 aromatic heterocycles. The van der Waals surface area contributed by atoms with Gasteiger partial charge in [0.15, 0.2) is 5.82 Å². The zero-order valence-electron chi connectivity index (χ0n) is 17.3. The van der Waals surface area contributed by atoms with Gasteiger partial charge in [-0.2, -0.15) is 0 Å². The lowest BCUT2D eigenvalue weighted by Gasteiger charge is -2.37. The third kappa shape index (κ3) is 3.84. The van der Waals surface area contributed by atoms with Crippen LogP contribution in [0.25, 0.3) is 11.5 Å². The van der Waals surface area contributed by atoms with Crippen LogP contribution in [-0.2, 0) is 17.7 Å². The number of ether oxygens (including phenoxy) is 1. The van der Waals surface area contributed by atoms with Gasteiger partial charge in [-0.3, -0.25) is 4.98 Å². The second-order valence-electron chi connectivity index (χ2n) is 8.11. The van der Waals surface area contributed by atoms with Crippen LogP contribution < -0.4 is 4.90 Å². The number of piperidine rings is 1. The number of nitrogens with zero attached hydrogens (tertiary/aromatic N) is 6. The molecule has 2 aromatic rings. The van der Waals surface area contributed by atoms with Crippen molar-refractivity contribution in [3.63, 3.8) is 0 Å². The highest BCUT2D eigenvalue weighted by atomic mass is 16.5. The molecular formula is C22H28N6O2. The maximum atomic E-state index is 13.1. The summed E-state index contributed by atoms with van der Waals surface area (Å²) < 4.78 is 5.40. The van der Waals surface area contributed by atoms with Gasteiger partial charge in [0.1, 0.15) is 11.5 Å². The number of amides is 2.